The summed E-state index contributed by atoms with van der Waals surface area (Å²) in [6.45, 7) is 17.6. The van der Waals surface area contributed by atoms with E-state index in [1.807, 2.05) is 0 Å². The molecule has 0 aromatic heterocycles. The first-order chi connectivity index (χ1) is 8.36. The molecule has 1 N–H and O–H groups in total. The molecule has 0 aliphatic heterocycles. The highest BCUT2D eigenvalue weighted by atomic mass is 15.1. The average Bonchev–Trinajstić information content (AvgIpc) is 2.22. The lowest BCUT2D eigenvalue weighted by molar-refractivity contribution is 0.139. The van der Waals surface area contributed by atoms with Crippen LogP contribution in [0.5, 0.6) is 0 Å². The van der Waals surface area contributed by atoms with Gasteiger partial charge in [0.1, 0.15) is 0 Å². The summed E-state index contributed by atoms with van der Waals surface area (Å²) in [7, 11) is 0. The fraction of sp³-hybridized carbons (Fsp3) is 1.00. The van der Waals surface area contributed by atoms with Crippen LogP contribution >= 0.6 is 0 Å². The molecule has 3 atom stereocenters. The minimum atomic E-state index is 0.518. The third-order valence-electron chi connectivity index (χ3n) is 4.33. The van der Waals surface area contributed by atoms with Crippen molar-refractivity contribution in [1.82, 2.24) is 10.2 Å². The zero-order valence-corrected chi connectivity index (χ0v) is 13.4. The van der Waals surface area contributed by atoms with E-state index in [1.165, 1.54) is 25.8 Å². The molecule has 0 heterocycles. The lowest BCUT2D eigenvalue weighted by Gasteiger charge is -2.41. The maximum atomic E-state index is 3.86. The van der Waals surface area contributed by atoms with Gasteiger partial charge < -0.3 is 10.2 Å². The van der Waals surface area contributed by atoms with E-state index in [9.17, 15) is 0 Å². The van der Waals surface area contributed by atoms with Crippen molar-refractivity contribution in [2.24, 2.45) is 11.3 Å². The van der Waals surface area contributed by atoms with Crippen molar-refractivity contribution in [3.05, 3.63) is 0 Å². The zero-order chi connectivity index (χ0) is 13.8. The molecule has 108 valence electrons. The van der Waals surface area contributed by atoms with E-state index in [0.29, 0.717) is 17.5 Å². The van der Waals surface area contributed by atoms with Gasteiger partial charge in [0, 0.05) is 18.6 Å². The van der Waals surface area contributed by atoms with E-state index in [-0.39, 0.29) is 0 Å². The van der Waals surface area contributed by atoms with E-state index in [4.69, 9.17) is 0 Å². The van der Waals surface area contributed by atoms with E-state index >= 15 is 0 Å². The van der Waals surface area contributed by atoms with Crippen molar-refractivity contribution in [1.29, 1.82) is 0 Å². The van der Waals surface area contributed by atoms with Crippen LogP contribution in [0.3, 0.4) is 0 Å². The van der Waals surface area contributed by atoms with Crippen LogP contribution < -0.4 is 5.32 Å². The van der Waals surface area contributed by atoms with Crippen LogP contribution in [0.15, 0.2) is 0 Å². The van der Waals surface area contributed by atoms with Crippen LogP contribution in [0.4, 0.5) is 0 Å². The molecule has 0 spiro atoms. The predicted molar refractivity (Wildman–Crippen MR) is 81.0 cm³/mol. The van der Waals surface area contributed by atoms with Gasteiger partial charge in [-0.25, -0.2) is 0 Å². The highest BCUT2D eigenvalue weighted by molar-refractivity contribution is 4.88. The summed E-state index contributed by atoms with van der Waals surface area (Å²) in [5, 5.41) is 3.86. The lowest BCUT2D eigenvalue weighted by atomic mass is 9.70. The number of nitrogens with zero attached hydrogens (tertiary/aromatic N) is 1. The van der Waals surface area contributed by atoms with Crippen LogP contribution in [0.2, 0.25) is 0 Å². The Morgan fingerprint density at radius 1 is 1.22 bits per heavy atom. The largest absolute Gasteiger partial charge is 0.310 e. The van der Waals surface area contributed by atoms with Gasteiger partial charge in [-0.05, 0) is 50.6 Å². The van der Waals surface area contributed by atoms with Crippen molar-refractivity contribution in [2.45, 2.75) is 72.9 Å². The van der Waals surface area contributed by atoms with E-state index in [2.05, 4.69) is 51.8 Å². The van der Waals surface area contributed by atoms with Gasteiger partial charge in [-0.3, -0.25) is 0 Å². The molecule has 2 heteroatoms. The van der Waals surface area contributed by atoms with E-state index in [1.54, 1.807) is 0 Å². The number of rotatable bonds is 6. The quantitative estimate of drug-likeness (QED) is 0.780. The Morgan fingerprint density at radius 3 is 2.33 bits per heavy atom. The Hall–Kier alpha value is -0.0800. The van der Waals surface area contributed by atoms with Gasteiger partial charge >= 0.3 is 0 Å². The van der Waals surface area contributed by atoms with E-state index < -0.39 is 0 Å². The summed E-state index contributed by atoms with van der Waals surface area (Å²) in [6.07, 6.45) is 4.07. The van der Waals surface area contributed by atoms with Gasteiger partial charge in [-0.2, -0.15) is 0 Å². The number of likely N-dealkylation sites (N-methyl/N-ethyl adjacent to an activating group) is 1. The Balaban J connectivity index is 2.41. The molecule has 3 unspecified atom stereocenters. The Bertz CT molecular complexity index is 233. The van der Waals surface area contributed by atoms with E-state index in [0.717, 1.165) is 19.0 Å². The topological polar surface area (TPSA) is 15.3 Å². The zero-order valence-electron chi connectivity index (χ0n) is 13.4. The summed E-state index contributed by atoms with van der Waals surface area (Å²) in [5.41, 5.74) is 0.518. The standard InChI is InChI=1S/C16H34N2/c1-7-18(8-2)12-14(4)17-15-9-13(3)10-16(5,6)11-15/h13-15,17H,7-12H2,1-6H3. The lowest BCUT2D eigenvalue weighted by Crippen LogP contribution is -2.47. The fourth-order valence-corrected chi connectivity index (χ4v) is 3.80. The molecule has 1 fully saturated rings. The fourth-order valence-electron chi connectivity index (χ4n) is 3.80. The van der Waals surface area contributed by atoms with Crippen molar-refractivity contribution in [2.75, 3.05) is 19.6 Å². The Morgan fingerprint density at radius 2 is 1.83 bits per heavy atom. The van der Waals surface area contributed by atoms with Crippen molar-refractivity contribution in [3.63, 3.8) is 0 Å². The molecule has 1 aliphatic carbocycles. The average molecular weight is 254 g/mol. The molecule has 0 amide bonds. The monoisotopic (exact) mass is 254 g/mol. The predicted octanol–water partition coefficient (Wildman–Crippen LogP) is 3.52. The van der Waals surface area contributed by atoms with Crippen LogP contribution in [0, 0.1) is 11.3 Å². The summed E-state index contributed by atoms with van der Waals surface area (Å²) >= 11 is 0. The molecule has 0 bridgehead atoms. The minimum Gasteiger partial charge on any atom is -0.310 e. The maximum absolute atomic E-state index is 3.86. The molecular weight excluding hydrogens is 220 g/mol. The number of hydrogen-bond acceptors (Lipinski definition) is 2. The molecule has 0 aromatic carbocycles. The van der Waals surface area contributed by atoms with Crippen LogP contribution in [-0.4, -0.2) is 36.6 Å². The van der Waals surface area contributed by atoms with Gasteiger partial charge in [-0.15, -0.1) is 0 Å². The molecule has 1 aliphatic rings. The molecule has 0 aromatic rings. The second-order valence-electron chi connectivity index (χ2n) is 7.16. The summed E-state index contributed by atoms with van der Waals surface area (Å²) in [6, 6.07) is 1.32. The third kappa shape index (κ3) is 5.27. The van der Waals surface area contributed by atoms with Gasteiger partial charge in [0.25, 0.3) is 0 Å². The third-order valence-corrected chi connectivity index (χ3v) is 4.33. The highest BCUT2D eigenvalue weighted by Gasteiger charge is 2.32. The van der Waals surface area contributed by atoms with Crippen molar-refractivity contribution < 1.29 is 0 Å². The summed E-state index contributed by atoms with van der Waals surface area (Å²) in [5.74, 6) is 0.868. The molecule has 18 heavy (non-hydrogen) atoms. The van der Waals surface area contributed by atoms with Crippen LogP contribution in [0.25, 0.3) is 0 Å². The van der Waals surface area contributed by atoms with Gasteiger partial charge in [0.05, 0.1) is 0 Å². The second kappa shape index (κ2) is 6.91. The first kappa shape index (κ1) is 16.0. The van der Waals surface area contributed by atoms with Crippen molar-refractivity contribution in [3.8, 4) is 0 Å². The molecule has 2 nitrogen and oxygen atoms in total. The minimum absolute atomic E-state index is 0.518. The molecule has 1 saturated carbocycles. The SMILES string of the molecule is CCN(CC)CC(C)NC1CC(C)CC(C)(C)C1. The van der Waals surface area contributed by atoms with Crippen LogP contribution in [0.1, 0.15) is 60.8 Å². The maximum Gasteiger partial charge on any atom is 0.0169 e. The van der Waals surface area contributed by atoms with Gasteiger partial charge in [-0.1, -0.05) is 34.6 Å². The first-order valence-electron chi connectivity index (χ1n) is 7.84. The highest BCUT2D eigenvalue weighted by Crippen LogP contribution is 2.38. The number of nitrogens with one attached hydrogen (secondary N) is 1. The Kier molecular flexibility index (Phi) is 6.13. The molecule has 1 rings (SSSR count). The van der Waals surface area contributed by atoms with Crippen LogP contribution in [-0.2, 0) is 0 Å². The molecule has 0 radical (unpaired) electrons. The normalized spacial score (nSPS) is 29.5. The van der Waals surface area contributed by atoms with Crippen molar-refractivity contribution >= 4 is 0 Å². The summed E-state index contributed by atoms with van der Waals surface area (Å²) < 4.78 is 0. The first-order valence-corrected chi connectivity index (χ1v) is 7.84. The van der Waals surface area contributed by atoms with Gasteiger partial charge in [0.2, 0.25) is 0 Å². The Labute approximate surface area is 115 Å². The molecule has 0 saturated heterocycles. The smallest absolute Gasteiger partial charge is 0.0169 e. The number of hydrogen-bond donors (Lipinski definition) is 1. The second-order valence-corrected chi connectivity index (χ2v) is 7.16. The van der Waals surface area contributed by atoms with Gasteiger partial charge in [0.15, 0.2) is 0 Å². The summed E-state index contributed by atoms with van der Waals surface area (Å²) in [4.78, 5) is 2.51. The molecular formula is C16H34N2.